The number of aliphatic carboxylic acids is 1. The van der Waals surface area contributed by atoms with E-state index in [9.17, 15) is 14.1 Å². The number of pyridine rings is 1. The topological polar surface area (TPSA) is 114 Å². The van der Waals surface area contributed by atoms with E-state index in [4.69, 9.17) is 10.1 Å². The van der Waals surface area contributed by atoms with Crippen LogP contribution in [0.1, 0.15) is 61.5 Å². The summed E-state index contributed by atoms with van der Waals surface area (Å²) in [5, 5.41) is 15.2. The summed E-state index contributed by atoms with van der Waals surface area (Å²) in [4.78, 5) is 25.5. The summed E-state index contributed by atoms with van der Waals surface area (Å²) in [7, 11) is 0.735. The predicted octanol–water partition coefficient (Wildman–Crippen LogP) is 6.91. The van der Waals surface area contributed by atoms with E-state index in [1.165, 1.54) is 17.8 Å². The Balaban J connectivity index is 1.44. The van der Waals surface area contributed by atoms with Gasteiger partial charge < -0.3 is 10.1 Å². The van der Waals surface area contributed by atoms with Gasteiger partial charge in [-0.1, -0.05) is 56.3 Å². The molecule has 234 valence electrons. The van der Waals surface area contributed by atoms with E-state index >= 15 is 4.39 Å². The number of carboxylic acids is 1. The number of hydrogen-bond donors (Lipinski definition) is 2. The third-order valence-electron chi connectivity index (χ3n) is 8.32. The molecule has 4 heterocycles. The van der Waals surface area contributed by atoms with Gasteiger partial charge in [0, 0.05) is 63.5 Å². The second kappa shape index (κ2) is 12.9. The molecular weight excluding hydrogens is 610 g/mol. The lowest BCUT2D eigenvalue weighted by molar-refractivity contribution is -0.136. The fourth-order valence-electron chi connectivity index (χ4n) is 6.19. The molecule has 1 aliphatic rings. The third-order valence-corrected chi connectivity index (χ3v) is 11.2. The highest BCUT2D eigenvalue weighted by Gasteiger charge is 2.27. The van der Waals surface area contributed by atoms with Crippen LogP contribution in [0.25, 0.3) is 22.4 Å². The number of aryl methyl sites for hydroxylation is 2. The molecule has 3 aromatic heterocycles. The first-order valence-corrected chi connectivity index (χ1v) is 17.4. The molecule has 4 bridgehead atoms. The van der Waals surface area contributed by atoms with Crippen molar-refractivity contribution in [3.05, 3.63) is 89.3 Å². The Morgan fingerprint density at radius 1 is 1.22 bits per heavy atom. The van der Waals surface area contributed by atoms with Gasteiger partial charge >= 0.3 is 5.97 Å². The Morgan fingerprint density at radius 3 is 2.89 bits per heavy atom. The summed E-state index contributed by atoms with van der Waals surface area (Å²) < 4.78 is 30.8. The monoisotopic (exact) mass is 645 g/mol. The molecule has 2 N–H and O–H groups in total. The van der Waals surface area contributed by atoms with Crippen LogP contribution in [0.2, 0.25) is 0 Å². The first-order chi connectivity index (χ1) is 21.6. The van der Waals surface area contributed by atoms with Gasteiger partial charge in [0.2, 0.25) is 0 Å². The summed E-state index contributed by atoms with van der Waals surface area (Å²) >= 11 is 1.34. The number of nitrogens with zero attached hydrogens (tertiary/aromatic N) is 4. The summed E-state index contributed by atoms with van der Waals surface area (Å²) in [5.74, 6) is 0.846. The fraction of sp³-hybridized carbons (Fsp3) is 0.353. The molecule has 0 aliphatic carbocycles. The second-order valence-electron chi connectivity index (χ2n) is 12.5. The number of nitrogens with one attached hydrogen (secondary N) is 1. The maximum Gasteiger partial charge on any atom is 0.307 e. The zero-order chi connectivity index (χ0) is 31.7. The maximum atomic E-state index is 15.6. The molecule has 11 heteroatoms. The van der Waals surface area contributed by atoms with Gasteiger partial charge in [0.25, 0.3) is 0 Å². The van der Waals surface area contributed by atoms with Crippen molar-refractivity contribution in [2.45, 2.75) is 61.7 Å². The molecule has 5 aromatic rings. The Hall–Kier alpha value is -3.83. The lowest BCUT2D eigenvalue weighted by Crippen LogP contribution is -2.23. The smallest absolute Gasteiger partial charge is 0.307 e. The van der Waals surface area contributed by atoms with Crippen LogP contribution < -0.4 is 0 Å². The van der Waals surface area contributed by atoms with Crippen molar-refractivity contribution in [3.8, 4) is 11.5 Å². The molecule has 8 nitrogen and oxygen atoms in total. The zero-order valence-corrected chi connectivity index (χ0v) is 27.2. The van der Waals surface area contributed by atoms with Crippen molar-refractivity contribution in [2.75, 3.05) is 11.5 Å². The molecule has 6 rings (SSSR count). The van der Waals surface area contributed by atoms with Crippen LogP contribution in [0.3, 0.4) is 0 Å². The Kier molecular flexibility index (Phi) is 8.92. The summed E-state index contributed by atoms with van der Waals surface area (Å²) in [6, 6.07) is 14.9. The van der Waals surface area contributed by atoms with Gasteiger partial charge in [-0.05, 0) is 65.6 Å². The summed E-state index contributed by atoms with van der Waals surface area (Å²) in [5.41, 5.74) is 3.71. The van der Waals surface area contributed by atoms with Crippen molar-refractivity contribution >= 4 is 39.4 Å². The largest absolute Gasteiger partial charge is 0.481 e. The number of benzene rings is 2. The molecule has 0 saturated heterocycles. The Labute approximate surface area is 268 Å². The van der Waals surface area contributed by atoms with Crippen LogP contribution in [0.15, 0.2) is 70.7 Å². The van der Waals surface area contributed by atoms with Crippen molar-refractivity contribution in [1.29, 1.82) is 0 Å². The number of hydrogen-bond acceptors (Lipinski definition) is 6. The van der Waals surface area contributed by atoms with Gasteiger partial charge in [0.1, 0.15) is 11.5 Å². The quantitative estimate of drug-likeness (QED) is 0.219. The maximum absolute atomic E-state index is 15.6. The van der Waals surface area contributed by atoms with E-state index in [0.717, 1.165) is 51.8 Å². The van der Waals surface area contributed by atoms with Gasteiger partial charge in [-0.3, -0.25) is 14.0 Å². The normalized spacial score (nSPS) is 19.0. The van der Waals surface area contributed by atoms with Gasteiger partial charge in [-0.25, -0.2) is 14.1 Å². The van der Waals surface area contributed by atoms with E-state index in [0.29, 0.717) is 40.2 Å². The number of carbonyl (C=O) groups is 1. The molecule has 0 radical (unpaired) electrons. The number of fused-ring (bicyclic) bond motifs is 8. The SMILES string of the molecule is Cn1nc2nc1-c1cc(ccn1)Sc1c(F)cc3[nH]ccc3c1CCS(=O)CC(C)(C)CCCC2c1cccc(CC(=O)O)c1. The lowest BCUT2D eigenvalue weighted by Gasteiger charge is -2.25. The van der Waals surface area contributed by atoms with Crippen LogP contribution >= 0.6 is 11.8 Å². The number of halogens is 1. The number of rotatable bonds is 3. The highest BCUT2D eigenvalue weighted by atomic mass is 32.2. The van der Waals surface area contributed by atoms with E-state index in [1.807, 2.05) is 55.7 Å². The fourth-order valence-corrected chi connectivity index (χ4v) is 8.81. The van der Waals surface area contributed by atoms with Crippen molar-refractivity contribution in [3.63, 3.8) is 0 Å². The average Bonchev–Trinajstić information content (AvgIpc) is 3.60. The Bertz CT molecular complexity index is 1900. The molecule has 0 saturated carbocycles. The number of H-pyrrole nitrogens is 1. The first-order valence-electron chi connectivity index (χ1n) is 15.1. The molecule has 2 unspecified atom stereocenters. The number of aromatic amines is 1. The minimum absolute atomic E-state index is 0.0615. The Morgan fingerprint density at radius 2 is 2.07 bits per heavy atom. The highest BCUT2D eigenvalue weighted by Crippen LogP contribution is 2.39. The van der Waals surface area contributed by atoms with Crippen molar-refractivity contribution in [1.82, 2.24) is 24.7 Å². The number of aromatic nitrogens is 5. The van der Waals surface area contributed by atoms with E-state index in [-0.39, 0.29) is 23.6 Å². The standard InChI is InChI=1S/C34H36FN5O3S2/c1-34(2)12-5-8-24(22-7-4-6-21(16-22)17-30(41)42)32-38-33(40(3)39-32)29-18-23(9-13-37-29)44-31-26(11-15-45(43)20-34)25-10-14-36-28(25)19-27(31)35/h4,6-7,9-10,13-14,16,18-19,24,36H,5,8,11-12,15,17,20H2,1-3H3,(H,41,42). The van der Waals surface area contributed by atoms with Gasteiger partial charge in [-0.15, -0.1) is 0 Å². The van der Waals surface area contributed by atoms with Crippen molar-refractivity contribution in [2.24, 2.45) is 12.5 Å². The highest BCUT2D eigenvalue weighted by molar-refractivity contribution is 7.99. The summed E-state index contributed by atoms with van der Waals surface area (Å²) in [6.07, 6.45) is 6.37. The number of carboxylic acid groups (broad SMARTS) is 1. The molecule has 0 fully saturated rings. The third kappa shape index (κ3) is 7.04. The van der Waals surface area contributed by atoms with Crippen LogP contribution in [0.4, 0.5) is 4.39 Å². The lowest BCUT2D eigenvalue weighted by atomic mass is 9.85. The second-order valence-corrected chi connectivity index (χ2v) is 15.1. The predicted molar refractivity (Wildman–Crippen MR) is 175 cm³/mol. The van der Waals surface area contributed by atoms with Gasteiger partial charge in [0.15, 0.2) is 11.6 Å². The molecular formula is C34H36FN5O3S2. The molecule has 0 spiro atoms. The molecule has 2 aromatic carbocycles. The van der Waals surface area contributed by atoms with Gasteiger partial charge in [0.05, 0.1) is 11.3 Å². The van der Waals surface area contributed by atoms with Crippen LogP contribution in [0.5, 0.6) is 0 Å². The van der Waals surface area contributed by atoms with Crippen LogP contribution in [-0.4, -0.2) is 51.5 Å². The molecule has 45 heavy (non-hydrogen) atoms. The zero-order valence-electron chi connectivity index (χ0n) is 25.5. The van der Waals surface area contributed by atoms with E-state index < -0.39 is 16.8 Å². The van der Waals surface area contributed by atoms with Crippen LogP contribution in [0, 0.1) is 11.2 Å². The van der Waals surface area contributed by atoms with Crippen molar-refractivity contribution < 1.29 is 18.5 Å². The molecule has 1 aliphatic heterocycles. The summed E-state index contributed by atoms with van der Waals surface area (Å²) in [6.45, 7) is 4.30. The first kappa shape index (κ1) is 31.2. The molecule has 0 amide bonds. The minimum atomic E-state index is -1.10. The van der Waals surface area contributed by atoms with Crippen LogP contribution in [-0.2, 0) is 35.5 Å². The average molecular weight is 646 g/mol. The van der Waals surface area contributed by atoms with E-state index in [1.54, 1.807) is 10.9 Å². The van der Waals surface area contributed by atoms with E-state index in [2.05, 4.69) is 23.8 Å². The minimum Gasteiger partial charge on any atom is -0.481 e. The van der Waals surface area contributed by atoms with Gasteiger partial charge in [-0.2, -0.15) is 5.10 Å². The molecule has 2 atom stereocenters.